The van der Waals surface area contributed by atoms with Crippen LogP contribution in [0.1, 0.15) is 0 Å². The van der Waals surface area contributed by atoms with Crippen LogP contribution in [0.2, 0.25) is 0 Å². The first-order valence-electron chi connectivity index (χ1n) is 6.09. The van der Waals surface area contributed by atoms with Crippen LogP contribution >= 0.6 is 0 Å². The van der Waals surface area contributed by atoms with Gasteiger partial charge in [-0.3, -0.25) is 0 Å². The van der Waals surface area contributed by atoms with Gasteiger partial charge in [-0.05, 0) is 23.0 Å². The maximum absolute atomic E-state index is 8.33. The Hall–Kier alpha value is -1.49. The van der Waals surface area contributed by atoms with Gasteiger partial charge in [0.05, 0.1) is 0 Å². The second kappa shape index (κ2) is 8.08. The average Bonchev–Trinajstić information content (AvgIpc) is 2.44. The van der Waals surface area contributed by atoms with E-state index >= 15 is 0 Å². The Morgan fingerprint density at radius 2 is 1.29 bits per heavy atom. The quantitative estimate of drug-likeness (QED) is 0.541. The number of hydrogen-bond acceptors (Lipinski definition) is 4. The number of anilines is 1. The maximum Gasteiger partial charge on any atom is 2.00 e. The molecule has 102 valence electrons. The zero-order valence-electron chi connectivity index (χ0n) is 11.6. The molecule has 4 nitrogen and oxygen atoms in total. The van der Waals surface area contributed by atoms with Crippen molar-refractivity contribution >= 4 is 71.1 Å². The second-order valence-electron chi connectivity index (χ2n) is 4.19. The topological polar surface area (TPSA) is 75.2 Å². The largest absolute Gasteiger partial charge is 2.00 e. The molecular weight excluding hydrogens is 294 g/mol. The monoisotopic (exact) mass is 307 g/mol. The van der Waals surface area contributed by atoms with Crippen LogP contribution in [0.25, 0.3) is 21.5 Å². The summed E-state index contributed by atoms with van der Waals surface area (Å²) in [6.07, 6.45) is -2.33. The van der Waals surface area contributed by atoms with E-state index in [4.69, 9.17) is 15.0 Å². The molecule has 0 saturated carbocycles. The summed E-state index contributed by atoms with van der Waals surface area (Å²) in [4.78, 5) is 8.33. The molecule has 5 heteroatoms. The minimum Gasteiger partial charge on any atom is -0.652 e. The third-order valence-corrected chi connectivity index (χ3v) is 3.02. The molecule has 0 aliphatic carbocycles. The molecule has 0 aliphatic rings. The summed E-state index contributed by atoms with van der Waals surface area (Å²) in [6, 6.07) is 19.2. The summed E-state index contributed by atoms with van der Waals surface area (Å²) in [5, 5.41) is 25.1. The van der Waals surface area contributed by atoms with Gasteiger partial charge in [-0.25, -0.2) is 0 Å². The van der Waals surface area contributed by atoms with Crippen LogP contribution in [0, 0.1) is 0 Å². The Balaban J connectivity index is 0.000000397. The Labute approximate surface area is 152 Å². The molecular formula is C16H13CaNO3. The fourth-order valence-corrected chi connectivity index (χ4v) is 2.28. The summed E-state index contributed by atoms with van der Waals surface area (Å²) in [7, 11) is 1.98. The first-order valence-corrected chi connectivity index (χ1v) is 6.09. The van der Waals surface area contributed by atoms with Crippen molar-refractivity contribution in [1.82, 2.24) is 0 Å². The molecule has 0 fully saturated rings. The van der Waals surface area contributed by atoms with Crippen LogP contribution in [0.4, 0.5) is 10.5 Å². The van der Waals surface area contributed by atoms with Crippen molar-refractivity contribution in [2.75, 3.05) is 12.4 Å². The zero-order chi connectivity index (χ0) is 14.5. The molecule has 0 saturated heterocycles. The van der Waals surface area contributed by atoms with Crippen LogP contribution in [0.15, 0.2) is 54.6 Å². The van der Waals surface area contributed by atoms with Gasteiger partial charge >= 0.3 is 37.7 Å². The van der Waals surface area contributed by atoms with Crippen molar-refractivity contribution in [3.63, 3.8) is 0 Å². The van der Waals surface area contributed by atoms with E-state index < -0.39 is 6.16 Å². The fourth-order valence-electron chi connectivity index (χ4n) is 2.28. The Bertz CT molecular complexity index is 701. The molecule has 0 unspecified atom stereocenters. The van der Waals surface area contributed by atoms with E-state index in [1.165, 1.54) is 27.2 Å². The maximum atomic E-state index is 8.33. The van der Waals surface area contributed by atoms with Gasteiger partial charge in [0, 0.05) is 23.5 Å². The average molecular weight is 307 g/mol. The van der Waals surface area contributed by atoms with Gasteiger partial charge in [-0.15, -0.1) is 0 Å². The Kier molecular flexibility index (Phi) is 6.75. The molecule has 1 N–H and O–H groups in total. The van der Waals surface area contributed by atoms with Crippen molar-refractivity contribution in [2.24, 2.45) is 0 Å². The van der Waals surface area contributed by atoms with E-state index in [-0.39, 0.29) is 37.7 Å². The van der Waals surface area contributed by atoms with Crippen molar-refractivity contribution in [2.45, 2.75) is 0 Å². The zero-order valence-corrected chi connectivity index (χ0v) is 13.8. The molecule has 0 spiro atoms. The Morgan fingerprint density at radius 3 is 1.67 bits per heavy atom. The minimum atomic E-state index is -2.33. The SMILES string of the molecule is CNc1c2ccccc2cc2ccccc12.O=C([O-])[O-].[Ca+2]. The van der Waals surface area contributed by atoms with Gasteiger partial charge in [0.15, 0.2) is 0 Å². The van der Waals surface area contributed by atoms with Gasteiger partial charge in [0.2, 0.25) is 0 Å². The van der Waals surface area contributed by atoms with E-state index in [0.29, 0.717) is 0 Å². The van der Waals surface area contributed by atoms with Crippen LogP contribution in [0.5, 0.6) is 0 Å². The van der Waals surface area contributed by atoms with E-state index in [2.05, 4.69) is 59.9 Å². The fraction of sp³-hybridized carbons (Fsp3) is 0.0625. The van der Waals surface area contributed by atoms with Crippen molar-refractivity contribution in [1.29, 1.82) is 0 Å². The smallest absolute Gasteiger partial charge is 0.652 e. The van der Waals surface area contributed by atoms with Gasteiger partial charge < -0.3 is 20.3 Å². The summed E-state index contributed by atoms with van der Waals surface area (Å²) in [5.41, 5.74) is 1.22. The molecule has 0 bridgehead atoms. The van der Waals surface area contributed by atoms with Gasteiger partial charge in [-0.1, -0.05) is 48.5 Å². The van der Waals surface area contributed by atoms with Crippen LogP contribution < -0.4 is 15.5 Å². The molecule has 0 radical (unpaired) electrons. The number of carbonyl (C=O) groups is 1. The molecule has 3 rings (SSSR count). The van der Waals surface area contributed by atoms with Crippen molar-refractivity contribution in [3.05, 3.63) is 54.6 Å². The minimum absolute atomic E-state index is 0. The molecule has 3 aromatic rings. The number of rotatable bonds is 1. The number of hydrogen-bond donors (Lipinski definition) is 1. The summed E-state index contributed by atoms with van der Waals surface area (Å²) in [5.74, 6) is 0. The van der Waals surface area contributed by atoms with Gasteiger partial charge in [0.25, 0.3) is 0 Å². The summed E-state index contributed by atoms with van der Waals surface area (Å²) < 4.78 is 0. The first-order chi connectivity index (χ1) is 9.63. The molecule has 0 aliphatic heterocycles. The predicted molar refractivity (Wildman–Crippen MR) is 82.2 cm³/mol. The van der Waals surface area contributed by atoms with Crippen LogP contribution in [-0.2, 0) is 0 Å². The molecule has 21 heavy (non-hydrogen) atoms. The number of carbonyl (C=O) groups excluding carboxylic acids is 1. The normalized spacial score (nSPS) is 9.38. The summed E-state index contributed by atoms with van der Waals surface area (Å²) >= 11 is 0. The van der Waals surface area contributed by atoms with Crippen molar-refractivity contribution in [3.8, 4) is 0 Å². The van der Waals surface area contributed by atoms with Gasteiger partial charge in [0.1, 0.15) is 0 Å². The van der Waals surface area contributed by atoms with E-state index in [1.54, 1.807) is 0 Å². The van der Waals surface area contributed by atoms with Gasteiger partial charge in [-0.2, -0.15) is 0 Å². The first kappa shape index (κ1) is 17.6. The standard InChI is InChI=1S/C15H13N.CH2O3.Ca/c1-16-15-13-8-4-2-6-11(13)10-12-7-3-5-9-14(12)15;2-1(3)4;/h2-10,16H,1H3;(H2,2,3,4);/q;;+2/p-2. The second-order valence-corrected chi connectivity index (χ2v) is 4.19. The van der Waals surface area contributed by atoms with Crippen LogP contribution in [0.3, 0.4) is 0 Å². The van der Waals surface area contributed by atoms with E-state index in [1.807, 2.05) is 7.05 Å². The van der Waals surface area contributed by atoms with Crippen LogP contribution in [-0.4, -0.2) is 50.9 Å². The number of nitrogens with one attached hydrogen (secondary N) is 1. The third kappa shape index (κ3) is 4.24. The third-order valence-electron chi connectivity index (χ3n) is 3.02. The Morgan fingerprint density at radius 1 is 0.905 bits per heavy atom. The van der Waals surface area contributed by atoms with E-state index in [0.717, 1.165) is 0 Å². The molecule has 3 aromatic carbocycles. The number of carboxylic acid groups (broad SMARTS) is 2. The predicted octanol–water partition coefficient (Wildman–Crippen LogP) is 1.21. The molecule has 0 aromatic heterocycles. The molecule has 0 heterocycles. The van der Waals surface area contributed by atoms with Crippen molar-refractivity contribution < 1.29 is 15.0 Å². The molecule has 0 atom stereocenters. The number of fused-ring (bicyclic) bond motifs is 2. The molecule has 0 amide bonds. The number of benzene rings is 3. The van der Waals surface area contributed by atoms with E-state index in [9.17, 15) is 0 Å². The summed E-state index contributed by atoms with van der Waals surface area (Å²) in [6.45, 7) is 0.